The number of fused-ring (bicyclic) bond motifs is 2. The lowest BCUT2D eigenvalue weighted by atomic mass is 10.0. The van der Waals surface area contributed by atoms with E-state index in [9.17, 15) is 13.2 Å². The quantitative estimate of drug-likeness (QED) is 0.318. The van der Waals surface area contributed by atoms with Crippen LogP contribution in [0.25, 0.3) is 10.2 Å². The van der Waals surface area contributed by atoms with Crippen LogP contribution >= 0.6 is 23.7 Å². The number of anilines is 2. The fourth-order valence-corrected chi connectivity index (χ4v) is 6.89. The summed E-state index contributed by atoms with van der Waals surface area (Å²) in [6.07, 6.45) is 1.64. The maximum atomic E-state index is 13.6. The predicted molar refractivity (Wildman–Crippen MR) is 153 cm³/mol. The standard InChI is InChI=1S/C27H28N4O3S2.ClH/c1-29(2)18-19-30(27-28-23-10-4-6-12-25(23)35-27)26(32)21-13-15-22(16-14-21)36(33,34)31-17-7-9-20-8-3-5-11-24(20)31;/h3-6,8,10-16H,7,9,17-19H2,1-2H3;1H. The molecule has 0 unspecified atom stereocenters. The van der Waals surface area contributed by atoms with E-state index in [0.29, 0.717) is 30.3 Å². The molecule has 4 aromatic rings. The van der Waals surface area contributed by atoms with E-state index in [1.807, 2.05) is 67.5 Å². The number of amides is 1. The molecule has 0 saturated carbocycles. The van der Waals surface area contributed by atoms with Crippen molar-refractivity contribution in [3.63, 3.8) is 0 Å². The molecular formula is C27H29ClN4O3S2. The first kappa shape index (κ1) is 27.1. The summed E-state index contributed by atoms with van der Waals surface area (Å²) in [5, 5.41) is 0.629. The van der Waals surface area contributed by atoms with Gasteiger partial charge in [-0.3, -0.25) is 14.0 Å². The summed E-state index contributed by atoms with van der Waals surface area (Å²) in [5.41, 5.74) is 3.04. The molecule has 0 fully saturated rings. The van der Waals surface area contributed by atoms with Crippen LogP contribution in [0.2, 0.25) is 0 Å². The Morgan fingerprint density at radius 2 is 1.68 bits per heavy atom. The van der Waals surface area contributed by atoms with Gasteiger partial charge in [-0.2, -0.15) is 0 Å². The lowest BCUT2D eigenvalue weighted by molar-refractivity contribution is 0.0985. The first-order valence-electron chi connectivity index (χ1n) is 11.9. The van der Waals surface area contributed by atoms with Crippen LogP contribution in [0.3, 0.4) is 0 Å². The Balaban J connectivity index is 0.00000320. The van der Waals surface area contributed by atoms with Crippen LogP contribution in [0.4, 0.5) is 10.8 Å². The zero-order chi connectivity index (χ0) is 25.3. The lowest BCUT2D eigenvalue weighted by Crippen LogP contribution is -2.37. The molecule has 0 N–H and O–H groups in total. The maximum absolute atomic E-state index is 13.6. The van der Waals surface area contributed by atoms with Gasteiger partial charge in [0.15, 0.2) is 5.13 Å². The molecule has 1 amide bonds. The number of para-hydroxylation sites is 2. The molecule has 1 aliphatic rings. The highest BCUT2D eigenvalue weighted by atomic mass is 35.5. The number of rotatable bonds is 7. The first-order valence-corrected chi connectivity index (χ1v) is 14.1. The molecular weight excluding hydrogens is 528 g/mol. The van der Waals surface area contributed by atoms with Gasteiger partial charge in [0, 0.05) is 25.2 Å². The third-order valence-electron chi connectivity index (χ3n) is 6.29. The number of sulfonamides is 1. The summed E-state index contributed by atoms with van der Waals surface area (Å²) in [6, 6.07) is 21.7. The molecule has 37 heavy (non-hydrogen) atoms. The molecule has 0 saturated heterocycles. The molecule has 1 aromatic heterocycles. The summed E-state index contributed by atoms with van der Waals surface area (Å²) in [4.78, 5) is 22.1. The van der Waals surface area contributed by atoms with E-state index in [4.69, 9.17) is 0 Å². The Kier molecular flexibility index (Phi) is 8.18. The molecule has 5 rings (SSSR count). The second-order valence-electron chi connectivity index (χ2n) is 9.06. The van der Waals surface area contributed by atoms with Gasteiger partial charge in [-0.05, 0) is 75.0 Å². The Labute approximate surface area is 227 Å². The first-order chi connectivity index (χ1) is 17.3. The molecule has 2 heterocycles. The number of carbonyl (C=O) groups excluding carboxylic acids is 1. The van der Waals surface area contributed by atoms with Gasteiger partial charge in [0.2, 0.25) is 0 Å². The van der Waals surface area contributed by atoms with Gasteiger partial charge in [0.25, 0.3) is 15.9 Å². The zero-order valence-electron chi connectivity index (χ0n) is 20.7. The topological polar surface area (TPSA) is 73.8 Å². The van der Waals surface area contributed by atoms with Crippen LogP contribution in [0.5, 0.6) is 0 Å². The summed E-state index contributed by atoms with van der Waals surface area (Å²) in [7, 11) is 0.178. The van der Waals surface area contributed by atoms with E-state index in [1.54, 1.807) is 17.0 Å². The minimum atomic E-state index is -3.74. The van der Waals surface area contributed by atoms with Crippen molar-refractivity contribution in [3.05, 3.63) is 83.9 Å². The third kappa shape index (κ3) is 5.50. The highest BCUT2D eigenvalue weighted by Gasteiger charge is 2.29. The van der Waals surface area contributed by atoms with E-state index >= 15 is 0 Å². The molecule has 0 aliphatic carbocycles. The molecule has 1 aliphatic heterocycles. The van der Waals surface area contributed by atoms with Gasteiger partial charge in [-0.25, -0.2) is 13.4 Å². The molecule has 0 bridgehead atoms. The average molecular weight is 557 g/mol. The second-order valence-corrected chi connectivity index (χ2v) is 11.9. The van der Waals surface area contributed by atoms with Crippen molar-refractivity contribution in [2.75, 3.05) is 42.9 Å². The number of thiazole rings is 1. The smallest absolute Gasteiger partial charge is 0.264 e. The average Bonchev–Trinajstić information content (AvgIpc) is 3.32. The molecule has 3 aromatic carbocycles. The monoisotopic (exact) mass is 556 g/mol. The number of halogens is 1. The number of likely N-dealkylation sites (N-methyl/N-ethyl adjacent to an activating group) is 1. The van der Waals surface area contributed by atoms with Crippen molar-refractivity contribution in [1.82, 2.24) is 9.88 Å². The van der Waals surface area contributed by atoms with Gasteiger partial charge >= 0.3 is 0 Å². The van der Waals surface area contributed by atoms with Gasteiger partial charge in [0.1, 0.15) is 0 Å². The van der Waals surface area contributed by atoms with Gasteiger partial charge in [0.05, 0.1) is 20.8 Å². The van der Waals surface area contributed by atoms with Gasteiger partial charge in [-0.1, -0.05) is 41.7 Å². The molecule has 0 spiro atoms. The normalized spacial score (nSPS) is 13.3. The molecule has 10 heteroatoms. The molecule has 194 valence electrons. The van der Waals surface area contributed by atoms with Crippen LogP contribution in [-0.2, 0) is 16.4 Å². The zero-order valence-corrected chi connectivity index (χ0v) is 23.2. The second kappa shape index (κ2) is 11.2. The summed E-state index contributed by atoms with van der Waals surface area (Å²) in [5.74, 6) is -0.205. The Morgan fingerprint density at radius 1 is 0.973 bits per heavy atom. The molecule has 7 nitrogen and oxygen atoms in total. The highest BCUT2D eigenvalue weighted by molar-refractivity contribution is 7.92. The predicted octanol–water partition coefficient (Wildman–Crippen LogP) is 5.07. The van der Waals surface area contributed by atoms with Crippen molar-refractivity contribution in [2.45, 2.75) is 17.7 Å². The molecule has 0 radical (unpaired) electrons. The SMILES string of the molecule is CN(C)CCN(C(=O)c1ccc(S(=O)(=O)N2CCCc3ccccc32)cc1)c1nc2ccccc2s1.Cl. The number of aryl methyl sites for hydroxylation is 1. The highest BCUT2D eigenvalue weighted by Crippen LogP contribution is 2.33. The van der Waals surface area contributed by atoms with Gasteiger partial charge in [-0.15, -0.1) is 12.4 Å². The number of carbonyl (C=O) groups is 1. The largest absolute Gasteiger partial charge is 0.308 e. The minimum Gasteiger partial charge on any atom is -0.308 e. The van der Waals surface area contributed by atoms with E-state index in [2.05, 4.69) is 4.98 Å². The third-order valence-corrected chi connectivity index (χ3v) is 9.17. The number of benzene rings is 3. The van der Waals surface area contributed by atoms with Crippen LogP contribution in [0.1, 0.15) is 22.3 Å². The number of hydrogen-bond acceptors (Lipinski definition) is 6. The fourth-order valence-electron chi connectivity index (χ4n) is 4.36. The van der Waals surface area contributed by atoms with Crippen molar-refractivity contribution >= 4 is 60.7 Å². The number of nitrogens with zero attached hydrogens (tertiary/aromatic N) is 4. The Hall–Kier alpha value is -2.98. The molecule has 0 atom stereocenters. The summed E-state index contributed by atoms with van der Waals surface area (Å²) < 4.78 is 29.5. The van der Waals surface area contributed by atoms with Crippen molar-refractivity contribution in [1.29, 1.82) is 0 Å². The van der Waals surface area contributed by atoms with Crippen LogP contribution in [0, 0.1) is 0 Å². The minimum absolute atomic E-state index is 0. The van der Waals surface area contributed by atoms with Crippen molar-refractivity contribution < 1.29 is 13.2 Å². The van der Waals surface area contributed by atoms with E-state index in [1.165, 1.54) is 27.8 Å². The van der Waals surface area contributed by atoms with Crippen LogP contribution < -0.4 is 9.21 Å². The lowest BCUT2D eigenvalue weighted by Gasteiger charge is -2.30. The number of hydrogen-bond donors (Lipinski definition) is 0. The number of aromatic nitrogens is 1. The van der Waals surface area contributed by atoms with E-state index in [-0.39, 0.29) is 23.2 Å². The summed E-state index contributed by atoms with van der Waals surface area (Å²) in [6.45, 7) is 1.58. The van der Waals surface area contributed by atoms with E-state index in [0.717, 1.165) is 34.3 Å². The Morgan fingerprint density at radius 3 is 2.41 bits per heavy atom. The van der Waals surface area contributed by atoms with Crippen molar-refractivity contribution in [2.24, 2.45) is 0 Å². The van der Waals surface area contributed by atoms with Crippen LogP contribution in [0.15, 0.2) is 77.7 Å². The fraction of sp³-hybridized carbons (Fsp3) is 0.259. The van der Waals surface area contributed by atoms with Crippen LogP contribution in [-0.4, -0.2) is 57.9 Å². The van der Waals surface area contributed by atoms with E-state index < -0.39 is 10.0 Å². The Bertz CT molecular complexity index is 1470. The summed E-state index contributed by atoms with van der Waals surface area (Å²) >= 11 is 1.47. The maximum Gasteiger partial charge on any atom is 0.264 e. The van der Waals surface area contributed by atoms with Crippen molar-refractivity contribution in [3.8, 4) is 0 Å². The van der Waals surface area contributed by atoms with Gasteiger partial charge < -0.3 is 4.90 Å².